The van der Waals surface area contributed by atoms with Crippen LogP contribution in [0.1, 0.15) is 153 Å². The van der Waals surface area contributed by atoms with Gasteiger partial charge in [-0.2, -0.15) is 0 Å². The second-order valence-corrected chi connectivity index (χ2v) is 12.3. The van der Waals surface area contributed by atoms with Gasteiger partial charge in [-0.15, -0.1) is 12.4 Å². The fraction of sp³-hybridized carbons (Fsp3) is 0.784. The molecule has 6 nitrogen and oxygen atoms in total. The molecular weight excluding hydrogens is 570 g/mol. The van der Waals surface area contributed by atoms with Crippen LogP contribution >= 0.6 is 12.4 Å². The minimum absolute atomic E-state index is 0. The minimum atomic E-state index is -0.312. The zero-order chi connectivity index (χ0) is 31.1. The van der Waals surface area contributed by atoms with Crippen LogP contribution in [0.4, 0.5) is 4.79 Å². The topological polar surface area (TPSA) is 70.7 Å². The Balaban J connectivity index is 0.0000185. The van der Waals surface area contributed by atoms with Gasteiger partial charge >= 0.3 is 6.09 Å². The maximum Gasteiger partial charge on any atom is 0.407 e. The smallest absolute Gasteiger partial charge is 0.407 e. The number of alkyl carbamates (subject to hydrolysis) is 1. The van der Waals surface area contributed by atoms with E-state index in [1.807, 2.05) is 6.07 Å². The molecule has 0 aliphatic rings. The van der Waals surface area contributed by atoms with Gasteiger partial charge in [-0.1, -0.05) is 141 Å². The average molecular weight is 638 g/mol. The summed E-state index contributed by atoms with van der Waals surface area (Å²) in [6.45, 7) is 9.35. The molecule has 1 aromatic rings. The molecule has 2 N–H and O–H groups in total. The van der Waals surface area contributed by atoms with Gasteiger partial charge < -0.3 is 20.3 Å². The zero-order valence-electron chi connectivity index (χ0n) is 28.6. The molecule has 256 valence electrons. The number of hydrogen-bond acceptors (Lipinski definition) is 4. The standard InChI is InChI=1S/C37H67N3O3.ClH/c1-3-5-30-40(31-6-4-2)32-29-39-37(42)43-33-36-27-23-22-26-35(36)25-21-19-17-15-13-11-9-7-8-10-12-14-16-18-20-24-28-38-34-41;/h22-23,26-27,34H,3-21,24-25,28-33H2,1-2H3,(H,38,41)(H,39,42);1H. The summed E-state index contributed by atoms with van der Waals surface area (Å²) in [7, 11) is 0. The lowest BCUT2D eigenvalue weighted by Crippen LogP contribution is -2.36. The normalized spacial score (nSPS) is 10.9. The minimum Gasteiger partial charge on any atom is -0.445 e. The molecule has 0 radical (unpaired) electrons. The maximum absolute atomic E-state index is 12.3. The molecule has 0 aliphatic carbocycles. The molecule has 1 aromatic carbocycles. The van der Waals surface area contributed by atoms with Crippen LogP contribution in [-0.4, -0.2) is 50.1 Å². The highest BCUT2D eigenvalue weighted by molar-refractivity contribution is 5.85. The van der Waals surface area contributed by atoms with Crippen molar-refractivity contribution in [1.82, 2.24) is 15.5 Å². The first-order valence-electron chi connectivity index (χ1n) is 18.1. The van der Waals surface area contributed by atoms with Crippen LogP contribution in [0.5, 0.6) is 0 Å². The number of nitrogens with zero attached hydrogens (tertiary/aromatic N) is 1. The third-order valence-corrected chi connectivity index (χ3v) is 8.43. The Hall–Kier alpha value is -1.79. The van der Waals surface area contributed by atoms with Crippen molar-refractivity contribution in [1.29, 1.82) is 0 Å². The predicted octanol–water partition coefficient (Wildman–Crippen LogP) is 9.77. The van der Waals surface area contributed by atoms with Crippen molar-refractivity contribution < 1.29 is 14.3 Å². The highest BCUT2D eigenvalue weighted by Gasteiger charge is 2.08. The van der Waals surface area contributed by atoms with Crippen LogP contribution in [0.15, 0.2) is 24.3 Å². The summed E-state index contributed by atoms with van der Waals surface area (Å²) in [4.78, 5) is 25.0. The molecule has 0 aromatic heterocycles. The number of carbonyl (C=O) groups excluding carboxylic acids is 2. The fourth-order valence-corrected chi connectivity index (χ4v) is 5.63. The zero-order valence-corrected chi connectivity index (χ0v) is 29.4. The molecule has 0 heterocycles. The average Bonchev–Trinajstić information content (AvgIpc) is 3.02. The Morgan fingerprint density at radius 3 is 1.64 bits per heavy atom. The lowest BCUT2D eigenvalue weighted by atomic mass is 10.0. The third kappa shape index (κ3) is 25.5. The summed E-state index contributed by atoms with van der Waals surface area (Å²) in [5, 5.41) is 5.68. The summed E-state index contributed by atoms with van der Waals surface area (Å²) < 4.78 is 5.58. The van der Waals surface area contributed by atoms with Gasteiger partial charge in [-0.3, -0.25) is 4.79 Å². The molecule has 0 aliphatic heterocycles. The van der Waals surface area contributed by atoms with Crippen LogP contribution in [0.25, 0.3) is 0 Å². The molecule has 0 bridgehead atoms. The Morgan fingerprint density at radius 2 is 1.14 bits per heavy atom. The number of carbonyl (C=O) groups is 2. The lowest BCUT2D eigenvalue weighted by Gasteiger charge is -2.22. The number of hydrogen-bond donors (Lipinski definition) is 2. The third-order valence-electron chi connectivity index (χ3n) is 8.43. The molecule has 2 amide bonds. The Labute approximate surface area is 277 Å². The predicted molar refractivity (Wildman–Crippen MR) is 190 cm³/mol. The number of unbranched alkanes of at least 4 members (excludes halogenated alkanes) is 17. The van der Waals surface area contributed by atoms with E-state index in [0.29, 0.717) is 13.2 Å². The molecule has 44 heavy (non-hydrogen) atoms. The number of amides is 2. The van der Waals surface area contributed by atoms with Crippen molar-refractivity contribution in [3.05, 3.63) is 35.4 Å². The molecular formula is C37H68ClN3O3. The Kier molecular flexibility index (Phi) is 31.3. The molecule has 0 atom stereocenters. The lowest BCUT2D eigenvalue weighted by molar-refractivity contribution is -0.109. The van der Waals surface area contributed by atoms with Gasteiger partial charge in [0.15, 0.2) is 0 Å². The van der Waals surface area contributed by atoms with E-state index in [0.717, 1.165) is 51.0 Å². The second-order valence-electron chi connectivity index (χ2n) is 12.3. The number of aryl methyl sites for hydroxylation is 1. The van der Waals surface area contributed by atoms with Gasteiger partial charge in [-0.25, -0.2) is 4.79 Å². The first-order valence-corrected chi connectivity index (χ1v) is 18.1. The molecule has 0 unspecified atom stereocenters. The fourth-order valence-electron chi connectivity index (χ4n) is 5.63. The van der Waals surface area contributed by atoms with Crippen LogP contribution in [-0.2, 0) is 22.6 Å². The monoisotopic (exact) mass is 637 g/mol. The summed E-state index contributed by atoms with van der Waals surface area (Å²) >= 11 is 0. The van der Waals surface area contributed by atoms with Crippen LogP contribution in [0.2, 0.25) is 0 Å². The quantitative estimate of drug-likeness (QED) is 0.0628. The first kappa shape index (κ1) is 42.2. The molecule has 0 spiro atoms. The van der Waals surface area contributed by atoms with Gasteiger partial charge in [0.05, 0.1) is 0 Å². The van der Waals surface area contributed by atoms with Crippen LogP contribution < -0.4 is 10.6 Å². The van der Waals surface area contributed by atoms with E-state index >= 15 is 0 Å². The number of nitrogens with one attached hydrogen (secondary N) is 2. The van der Waals surface area contributed by atoms with E-state index in [1.54, 1.807) is 0 Å². The summed E-state index contributed by atoms with van der Waals surface area (Å²) in [5.41, 5.74) is 2.45. The van der Waals surface area contributed by atoms with Crippen molar-refractivity contribution in [3.63, 3.8) is 0 Å². The van der Waals surface area contributed by atoms with Crippen molar-refractivity contribution in [2.24, 2.45) is 0 Å². The largest absolute Gasteiger partial charge is 0.445 e. The summed E-state index contributed by atoms with van der Waals surface area (Å²) in [6.07, 6.45) is 27.6. The highest BCUT2D eigenvalue weighted by atomic mass is 35.5. The molecule has 7 heteroatoms. The van der Waals surface area contributed by atoms with E-state index in [4.69, 9.17) is 4.74 Å². The first-order chi connectivity index (χ1) is 21.2. The van der Waals surface area contributed by atoms with Crippen molar-refractivity contribution >= 4 is 24.9 Å². The van der Waals surface area contributed by atoms with Gasteiger partial charge in [0.25, 0.3) is 0 Å². The van der Waals surface area contributed by atoms with E-state index in [-0.39, 0.29) is 18.5 Å². The number of benzene rings is 1. The van der Waals surface area contributed by atoms with E-state index < -0.39 is 0 Å². The van der Waals surface area contributed by atoms with E-state index in [1.165, 1.54) is 128 Å². The summed E-state index contributed by atoms with van der Waals surface area (Å²) in [6, 6.07) is 8.42. The SMILES string of the molecule is CCCCN(CCCC)CCNC(=O)OCc1ccccc1CCCCCCCCCCCCCCCCCCNC=O.Cl. The van der Waals surface area contributed by atoms with Crippen LogP contribution in [0, 0.1) is 0 Å². The van der Waals surface area contributed by atoms with Gasteiger partial charge in [0, 0.05) is 19.6 Å². The Bertz CT molecular complexity index is 772. The molecule has 0 saturated heterocycles. The van der Waals surface area contributed by atoms with Gasteiger partial charge in [0.2, 0.25) is 6.41 Å². The van der Waals surface area contributed by atoms with Crippen molar-refractivity contribution in [2.45, 2.75) is 155 Å². The van der Waals surface area contributed by atoms with E-state index in [2.05, 4.69) is 47.6 Å². The van der Waals surface area contributed by atoms with Crippen molar-refractivity contribution in [3.8, 4) is 0 Å². The molecule has 0 fully saturated rings. The number of ether oxygens (including phenoxy) is 1. The van der Waals surface area contributed by atoms with Gasteiger partial charge in [0.1, 0.15) is 6.61 Å². The maximum atomic E-state index is 12.3. The Morgan fingerprint density at radius 1 is 0.659 bits per heavy atom. The summed E-state index contributed by atoms with van der Waals surface area (Å²) in [5.74, 6) is 0. The number of rotatable bonds is 31. The molecule has 1 rings (SSSR count). The van der Waals surface area contributed by atoms with E-state index in [9.17, 15) is 9.59 Å². The second kappa shape index (κ2) is 32.6. The number of halogens is 1. The van der Waals surface area contributed by atoms with Gasteiger partial charge in [-0.05, 0) is 56.3 Å². The van der Waals surface area contributed by atoms with Crippen LogP contribution in [0.3, 0.4) is 0 Å². The van der Waals surface area contributed by atoms with Crippen molar-refractivity contribution in [2.75, 3.05) is 32.7 Å². The highest BCUT2D eigenvalue weighted by Crippen LogP contribution is 2.17. The molecule has 0 saturated carbocycles.